The summed E-state index contributed by atoms with van der Waals surface area (Å²) in [5, 5.41) is 22.4. The van der Waals surface area contributed by atoms with Gasteiger partial charge in [0.2, 0.25) is 5.91 Å². The van der Waals surface area contributed by atoms with Gasteiger partial charge >= 0.3 is 5.97 Å². The minimum absolute atomic E-state index is 0.0524. The van der Waals surface area contributed by atoms with Crippen molar-refractivity contribution in [3.63, 3.8) is 0 Å². The number of rotatable bonds is 5. The van der Waals surface area contributed by atoms with Gasteiger partial charge in [-0.15, -0.1) is 0 Å². The first-order valence-corrected chi connectivity index (χ1v) is 9.33. The summed E-state index contributed by atoms with van der Waals surface area (Å²) in [6, 6.07) is 15.3. The zero-order valence-corrected chi connectivity index (χ0v) is 15.7. The number of carbonyl (C=O) groups is 3. The van der Waals surface area contributed by atoms with Crippen molar-refractivity contribution in [2.24, 2.45) is 5.92 Å². The number of aliphatic carboxylic acids is 1. The summed E-state index contributed by atoms with van der Waals surface area (Å²) in [6.45, 7) is 1.54. The molecule has 2 heterocycles. The molecule has 3 N–H and O–H groups in total. The number of hydrogen-bond donors (Lipinski definition) is 3. The van der Waals surface area contributed by atoms with Crippen LogP contribution in [0.5, 0.6) is 0 Å². The number of carboxylic acids is 1. The third-order valence-corrected chi connectivity index (χ3v) is 5.44. The van der Waals surface area contributed by atoms with E-state index in [1.165, 1.54) is 11.8 Å². The number of aliphatic hydroxyl groups excluding tert-OH is 1. The van der Waals surface area contributed by atoms with Crippen molar-refractivity contribution in [3.05, 3.63) is 71.4 Å². The number of hydrogen-bond acceptors (Lipinski definition) is 4. The van der Waals surface area contributed by atoms with Crippen LogP contribution in [0, 0.1) is 5.92 Å². The fourth-order valence-corrected chi connectivity index (χ4v) is 4.10. The van der Waals surface area contributed by atoms with Gasteiger partial charge in [0.25, 0.3) is 5.91 Å². The van der Waals surface area contributed by atoms with Crippen LogP contribution in [0.4, 0.5) is 5.69 Å². The third kappa shape index (κ3) is 3.19. The van der Waals surface area contributed by atoms with Gasteiger partial charge in [0.15, 0.2) is 0 Å². The molecule has 2 aromatic rings. The Hall–Kier alpha value is -3.45. The maximum absolute atomic E-state index is 12.4. The molecule has 7 nitrogen and oxygen atoms in total. The quantitative estimate of drug-likeness (QED) is 0.677. The van der Waals surface area contributed by atoms with Crippen molar-refractivity contribution < 1.29 is 24.6 Å². The molecule has 7 heteroatoms. The van der Waals surface area contributed by atoms with Crippen LogP contribution in [0.3, 0.4) is 0 Å². The highest BCUT2D eigenvalue weighted by atomic mass is 16.4. The molecule has 2 aliphatic rings. The Morgan fingerprint density at radius 3 is 2.52 bits per heavy atom. The number of amides is 2. The van der Waals surface area contributed by atoms with Crippen LogP contribution >= 0.6 is 0 Å². The summed E-state index contributed by atoms with van der Waals surface area (Å²) in [6.07, 6.45) is -0.492. The number of nitrogens with one attached hydrogen (secondary N) is 1. The Balaban J connectivity index is 1.63. The number of nitrogens with zero attached hydrogens (tertiary/aromatic N) is 1. The summed E-state index contributed by atoms with van der Waals surface area (Å²) in [5.74, 6) is -2.41. The zero-order valence-electron chi connectivity index (χ0n) is 15.7. The van der Waals surface area contributed by atoms with E-state index >= 15 is 0 Å². The summed E-state index contributed by atoms with van der Waals surface area (Å²) in [5.41, 5.74) is 2.14. The average Bonchev–Trinajstić information content (AvgIpc) is 3.04. The van der Waals surface area contributed by atoms with Crippen LogP contribution in [-0.4, -0.2) is 45.0 Å². The number of aliphatic hydroxyl groups is 1. The standard InChI is InChI=1S/C22H20N2O5/c1-12(25)18-17-11-16(19(22(28)29)24(17)21(18)27)14-8-5-9-15(10-14)23-20(26)13-6-3-2-4-7-13/h2-10,12,17-18,25H,11H2,1H3,(H,23,26)(H,28,29)/t12-,17-,18-/m1/s1. The number of carbonyl (C=O) groups excluding carboxylic acids is 2. The minimum atomic E-state index is -1.18. The molecule has 0 aliphatic carbocycles. The largest absolute Gasteiger partial charge is 0.477 e. The van der Waals surface area contributed by atoms with Crippen molar-refractivity contribution in [2.45, 2.75) is 25.5 Å². The van der Waals surface area contributed by atoms with E-state index in [4.69, 9.17) is 0 Å². The van der Waals surface area contributed by atoms with Crippen LogP contribution in [0.15, 0.2) is 60.3 Å². The normalized spacial score (nSPS) is 21.4. The van der Waals surface area contributed by atoms with Crippen molar-refractivity contribution >= 4 is 29.0 Å². The molecule has 2 amide bonds. The molecule has 2 aliphatic heterocycles. The van der Waals surface area contributed by atoms with E-state index < -0.39 is 18.0 Å². The van der Waals surface area contributed by atoms with Crippen LogP contribution < -0.4 is 5.32 Å². The molecule has 2 aromatic carbocycles. The lowest BCUT2D eigenvalue weighted by Gasteiger charge is -2.44. The highest BCUT2D eigenvalue weighted by molar-refractivity contribution is 6.07. The molecule has 1 fully saturated rings. The molecule has 0 bridgehead atoms. The molecule has 0 unspecified atom stereocenters. The lowest BCUT2D eigenvalue weighted by molar-refractivity contribution is -0.161. The van der Waals surface area contributed by atoms with E-state index in [9.17, 15) is 24.6 Å². The van der Waals surface area contributed by atoms with Gasteiger partial charge in [0, 0.05) is 11.3 Å². The van der Waals surface area contributed by atoms with Gasteiger partial charge in [-0.2, -0.15) is 0 Å². The summed E-state index contributed by atoms with van der Waals surface area (Å²) >= 11 is 0. The number of carboxylic acid groups (broad SMARTS) is 1. The molecule has 1 saturated heterocycles. The van der Waals surface area contributed by atoms with Gasteiger partial charge in [-0.25, -0.2) is 4.79 Å². The number of benzene rings is 2. The van der Waals surface area contributed by atoms with Crippen LogP contribution in [0.2, 0.25) is 0 Å². The monoisotopic (exact) mass is 392 g/mol. The van der Waals surface area contributed by atoms with Gasteiger partial charge < -0.3 is 20.4 Å². The molecule has 0 saturated carbocycles. The van der Waals surface area contributed by atoms with Gasteiger partial charge in [-0.05, 0) is 48.7 Å². The SMILES string of the molecule is C[C@@H](O)[C@H]1C(=O)N2C(C(=O)O)=C(c3cccc(NC(=O)c4ccccc4)c3)C[C@H]12. The predicted molar refractivity (Wildman–Crippen MR) is 106 cm³/mol. The molecular formula is C22H20N2O5. The van der Waals surface area contributed by atoms with E-state index in [0.29, 0.717) is 28.8 Å². The molecule has 4 rings (SSSR count). The van der Waals surface area contributed by atoms with E-state index in [1.807, 2.05) is 6.07 Å². The lowest BCUT2D eigenvalue weighted by atomic mass is 9.82. The van der Waals surface area contributed by atoms with Crippen LogP contribution in [0.1, 0.15) is 29.3 Å². The Bertz CT molecular complexity index is 1030. The summed E-state index contributed by atoms with van der Waals surface area (Å²) in [7, 11) is 0. The second kappa shape index (κ2) is 7.18. The fourth-order valence-electron chi connectivity index (χ4n) is 4.10. The second-order valence-electron chi connectivity index (χ2n) is 7.28. The molecule has 0 aromatic heterocycles. The van der Waals surface area contributed by atoms with E-state index in [-0.39, 0.29) is 23.6 Å². The van der Waals surface area contributed by atoms with E-state index in [1.54, 1.807) is 48.5 Å². The van der Waals surface area contributed by atoms with Crippen LogP contribution in [-0.2, 0) is 9.59 Å². The average molecular weight is 392 g/mol. The Kier molecular flexibility index (Phi) is 4.68. The van der Waals surface area contributed by atoms with Gasteiger partial charge in [-0.1, -0.05) is 30.3 Å². The van der Waals surface area contributed by atoms with Crippen molar-refractivity contribution in [1.29, 1.82) is 0 Å². The number of fused-ring (bicyclic) bond motifs is 1. The molecule has 29 heavy (non-hydrogen) atoms. The van der Waals surface area contributed by atoms with Crippen molar-refractivity contribution in [1.82, 2.24) is 4.90 Å². The molecular weight excluding hydrogens is 372 g/mol. The summed E-state index contributed by atoms with van der Waals surface area (Å²) in [4.78, 5) is 37.9. The zero-order chi connectivity index (χ0) is 20.7. The topological polar surface area (TPSA) is 107 Å². The first-order valence-electron chi connectivity index (χ1n) is 9.33. The first kappa shape index (κ1) is 18.9. The third-order valence-electron chi connectivity index (χ3n) is 5.44. The molecule has 0 spiro atoms. The predicted octanol–water partition coefficient (Wildman–Crippen LogP) is 2.35. The van der Waals surface area contributed by atoms with Gasteiger partial charge in [0.05, 0.1) is 18.1 Å². The Labute approximate surface area is 167 Å². The maximum Gasteiger partial charge on any atom is 0.352 e. The lowest BCUT2D eigenvalue weighted by Crippen LogP contribution is -2.61. The Morgan fingerprint density at radius 1 is 1.14 bits per heavy atom. The molecule has 148 valence electrons. The van der Waals surface area contributed by atoms with Gasteiger partial charge in [-0.3, -0.25) is 9.59 Å². The number of β-lactam (4-membered cyclic amide) rings is 1. The smallest absolute Gasteiger partial charge is 0.352 e. The van der Waals surface area contributed by atoms with Crippen molar-refractivity contribution in [2.75, 3.05) is 5.32 Å². The van der Waals surface area contributed by atoms with E-state index in [0.717, 1.165) is 0 Å². The molecule has 3 atom stereocenters. The van der Waals surface area contributed by atoms with Crippen molar-refractivity contribution in [3.8, 4) is 0 Å². The maximum atomic E-state index is 12.4. The summed E-state index contributed by atoms with van der Waals surface area (Å²) < 4.78 is 0. The van der Waals surface area contributed by atoms with Gasteiger partial charge in [0.1, 0.15) is 5.70 Å². The highest BCUT2D eigenvalue weighted by Gasteiger charge is 2.56. The second-order valence-corrected chi connectivity index (χ2v) is 7.28. The highest BCUT2D eigenvalue weighted by Crippen LogP contribution is 2.47. The first-order chi connectivity index (χ1) is 13.9. The molecule has 0 radical (unpaired) electrons. The fraction of sp³-hybridized carbons (Fsp3) is 0.227. The minimum Gasteiger partial charge on any atom is -0.477 e. The van der Waals surface area contributed by atoms with Crippen LogP contribution in [0.25, 0.3) is 5.57 Å². The van der Waals surface area contributed by atoms with E-state index in [2.05, 4.69) is 5.32 Å². The Morgan fingerprint density at radius 2 is 1.86 bits per heavy atom. The number of anilines is 1.